The molecule has 1 heterocycles. The van der Waals surface area contributed by atoms with E-state index in [1.165, 1.54) is 11.1 Å². The molecule has 0 fully saturated rings. The molecule has 0 aliphatic heterocycles. The number of benzene rings is 3. The molecule has 29 heavy (non-hydrogen) atoms. The van der Waals surface area contributed by atoms with E-state index in [1.54, 1.807) is 25.3 Å². The number of nitrogens with one attached hydrogen (secondary N) is 1. The zero-order chi connectivity index (χ0) is 20.4. The predicted molar refractivity (Wildman–Crippen MR) is 119 cm³/mol. The lowest BCUT2D eigenvalue weighted by Crippen LogP contribution is -2.07. The van der Waals surface area contributed by atoms with Crippen LogP contribution in [0.3, 0.4) is 0 Å². The molecule has 3 aromatic carbocycles. The van der Waals surface area contributed by atoms with E-state index in [4.69, 9.17) is 9.15 Å². The first kappa shape index (κ1) is 19.3. The average molecular weight is 450 g/mol. The molecule has 4 aromatic rings. The zero-order valence-electron chi connectivity index (χ0n) is 16.2. The summed E-state index contributed by atoms with van der Waals surface area (Å²) < 4.78 is 12.0. The molecule has 0 saturated carbocycles. The molecule has 0 atom stereocenters. The van der Waals surface area contributed by atoms with Gasteiger partial charge in [-0.25, -0.2) is 0 Å². The topological polar surface area (TPSA) is 51.5 Å². The highest BCUT2D eigenvalue weighted by atomic mass is 79.9. The number of fused-ring (bicyclic) bond motifs is 1. The van der Waals surface area contributed by atoms with Gasteiger partial charge in [-0.2, -0.15) is 0 Å². The standard InChI is InChI=1S/C24H20BrNO3/c1-15-7-3-4-8-17(15)14-26-22-18-9-5-6-10-20(18)29-24(22)23(27)16-11-12-21(28-2)19(25)13-16/h3-13,26H,14H2,1-2H3. The van der Waals surface area contributed by atoms with Crippen LogP contribution < -0.4 is 10.1 Å². The number of halogens is 1. The van der Waals surface area contributed by atoms with E-state index in [9.17, 15) is 4.79 Å². The Morgan fingerprint density at radius 2 is 1.83 bits per heavy atom. The molecule has 4 nitrogen and oxygen atoms in total. The van der Waals surface area contributed by atoms with Gasteiger partial charge >= 0.3 is 0 Å². The van der Waals surface area contributed by atoms with E-state index in [1.807, 2.05) is 36.4 Å². The normalized spacial score (nSPS) is 10.9. The Morgan fingerprint density at radius 1 is 1.07 bits per heavy atom. The molecule has 5 heteroatoms. The Bertz CT molecular complexity index is 1200. The highest BCUT2D eigenvalue weighted by Gasteiger charge is 2.22. The van der Waals surface area contributed by atoms with Crippen LogP contribution in [-0.2, 0) is 6.54 Å². The van der Waals surface area contributed by atoms with Crippen LogP contribution >= 0.6 is 15.9 Å². The molecule has 4 rings (SSSR count). The van der Waals surface area contributed by atoms with Crippen molar-refractivity contribution in [2.24, 2.45) is 0 Å². The summed E-state index contributed by atoms with van der Waals surface area (Å²) in [5.41, 5.74) is 4.27. The number of furan rings is 1. The van der Waals surface area contributed by atoms with E-state index < -0.39 is 0 Å². The summed E-state index contributed by atoms with van der Waals surface area (Å²) >= 11 is 3.45. The Hall–Kier alpha value is -3.05. The van der Waals surface area contributed by atoms with Gasteiger partial charge in [0, 0.05) is 17.5 Å². The maximum atomic E-state index is 13.3. The van der Waals surface area contributed by atoms with Crippen molar-refractivity contribution in [3.8, 4) is 5.75 Å². The van der Waals surface area contributed by atoms with E-state index in [2.05, 4.69) is 40.3 Å². The van der Waals surface area contributed by atoms with Gasteiger partial charge in [-0.1, -0.05) is 36.4 Å². The highest BCUT2D eigenvalue weighted by molar-refractivity contribution is 9.10. The summed E-state index contributed by atoms with van der Waals surface area (Å²) in [6.07, 6.45) is 0. The van der Waals surface area contributed by atoms with Gasteiger partial charge in [0.1, 0.15) is 11.3 Å². The minimum absolute atomic E-state index is 0.183. The molecular formula is C24H20BrNO3. The first-order valence-corrected chi connectivity index (χ1v) is 10.1. The predicted octanol–water partition coefficient (Wildman–Crippen LogP) is 6.36. The third kappa shape index (κ3) is 3.78. The Labute approximate surface area is 177 Å². The fourth-order valence-electron chi connectivity index (χ4n) is 3.31. The number of anilines is 1. The quantitative estimate of drug-likeness (QED) is 0.348. The molecule has 0 spiro atoms. The first-order chi connectivity index (χ1) is 14.1. The number of hydrogen-bond donors (Lipinski definition) is 1. The van der Waals surface area contributed by atoms with Crippen molar-refractivity contribution in [2.45, 2.75) is 13.5 Å². The van der Waals surface area contributed by atoms with Crippen LogP contribution in [0.1, 0.15) is 27.2 Å². The van der Waals surface area contributed by atoms with Gasteiger partial charge < -0.3 is 14.5 Å². The molecule has 0 radical (unpaired) electrons. The second-order valence-corrected chi connectivity index (χ2v) is 7.62. The lowest BCUT2D eigenvalue weighted by Gasteiger charge is -2.10. The van der Waals surface area contributed by atoms with Gasteiger partial charge in [0.2, 0.25) is 5.78 Å². The van der Waals surface area contributed by atoms with Crippen molar-refractivity contribution < 1.29 is 13.9 Å². The second-order valence-electron chi connectivity index (χ2n) is 6.76. The molecule has 1 aromatic heterocycles. The number of para-hydroxylation sites is 1. The number of ketones is 1. The van der Waals surface area contributed by atoms with E-state index in [0.717, 1.165) is 9.86 Å². The molecule has 0 bridgehead atoms. The Kier molecular flexibility index (Phi) is 5.41. The van der Waals surface area contributed by atoms with Crippen molar-refractivity contribution >= 4 is 38.4 Å². The number of carbonyl (C=O) groups excluding carboxylic acids is 1. The number of aryl methyl sites for hydroxylation is 1. The summed E-state index contributed by atoms with van der Waals surface area (Å²) in [5.74, 6) is 0.790. The van der Waals surface area contributed by atoms with Crippen molar-refractivity contribution in [3.63, 3.8) is 0 Å². The number of carbonyl (C=O) groups is 1. The van der Waals surface area contributed by atoms with Crippen molar-refractivity contribution in [2.75, 3.05) is 12.4 Å². The number of rotatable bonds is 6. The van der Waals surface area contributed by atoms with Crippen LogP contribution in [0.5, 0.6) is 5.75 Å². The maximum Gasteiger partial charge on any atom is 0.230 e. The minimum Gasteiger partial charge on any atom is -0.496 e. The smallest absolute Gasteiger partial charge is 0.230 e. The van der Waals surface area contributed by atoms with Crippen LogP contribution in [0.4, 0.5) is 5.69 Å². The first-order valence-electron chi connectivity index (χ1n) is 9.26. The number of ether oxygens (including phenoxy) is 1. The average Bonchev–Trinajstić information content (AvgIpc) is 3.11. The molecule has 0 aliphatic rings. The van der Waals surface area contributed by atoms with E-state index >= 15 is 0 Å². The van der Waals surface area contributed by atoms with Gasteiger partial charge in [0.15, 0.2) is 5.76 Å². The van der Waals surface area contributed by atoms with E-state index in [-0.39, 0.29) is 5.78 Å². The lowest BCUT2D eigenvalue weighted by atomic mass is 10.1. The monoisotopic (exact) mass is 449 g/mol. The van der Waals surface area contributed by atoms with Crippen molar-refractivity contribution in [3.05, 3.63) is 93.7 Å². The van der Waals surface area contributed by atoms with Crippen molar-refractivity contribution in [1.29, 1.82) is 0 Å². The molecule has 0 unspecified atom stereocenters. The second kappa shape index (κ2) is 8.13. The summed E-state index contributed by atoms with van der Waals surface area (Å²) in [6.45, 7) is 2.67. The Morgan fingerprint density at radius 3 is 2.59 bits per heavy atom. The Balaban J connectivity index is 1.74. The number of hydrogen-bond acceptors (Lipinski definition) is 4. The lowest BCUT2D eigenvalue weighted by molar-refractivity contribution is 0.101. The molecule has 0 saturated heterocycles. The van der Waals surface area contributed by atoms with Gasteiger partial charge in [0.25, 0.3) is 0 Å². The van der Waals surface area contributed by atoms with Gasteiger partial charge in [-0.15, -0.1) is 0 Å². The van der Waals surface area contributed by atoms with Crippen molar-refractivity contribution in [1.82, 2.24) is 0 Å². The van der Waals surface area contributed by atoms with Gasteiger partial charge in [-0.3, -0.25) is 4.79 Å². The minimum atomic E-state index is -0.183. The zero-order valence-corrected chi connectivity index (χ0v) is 17.7. The summed E-state index contributed by atoms with van der Waals surface area (Å²) in [4.78, 5) is 13.3. The van der Waals surface area contributed by atoms with Crippen LogP contribution in [-0.4, -0.2) is 12.9 Å². The third-order valence-electron chi connectivity index (χ3n) is 4.93. The van der Waals surface area contributed by atoms with E-state index in [0.29, 0.717) is 34.9 Å². The van der Waals surface area contributed by atoms with Crippen LogP contribution in [0, 0.1) is 6.92 Å². The van der Waals surface area contributed by atoms with Crippen LogP contribution in [0.15, 0.2) is 75.6 Å². The third-order valence-corrected chi connectivity index (χ3v) is 5.55. The summed E-state index contributed by atoms with van der Waals surface area (Å²) in [6, 6.07) is 21.1. The molecule has 1 N–H and O–H groups in total. The molecule has 146 valence electrons. The van der Waals surface area contributed by atoms with Gasteiger partial charge in [0.05, 0.1) is 17.3 Å². The summed E-state index contributed by atoms with van der Waals surface area (Å²) in [5, 5.41) is 4.32. The SMILES string of the molecule is COc1ccc(C(=O)c2oc3ccccc3c2NCc2ccccc2C)cc1Br. The van der Waals surface area contributed by atoms with Crippen LogP contribution in [0.25, 0.3) is 11.0 Å². The van der Waals surface area contributed by atoms with Crippen LogP contribution in [0.2, 0.25) is 0 Å². The fourth-order valence-corrected chi connectivity index (χ4v) is 3.85. The molecule has 0 amide bonds. The number of methoxy groups -OCH3 is 1. The fraction of sp³-hybridized carbons (Fsp3) is 0.125. The molecular weight excluding hydrogens is 430 g/mol. The largest absolute Gasteiger partial charge is 0.496 e. The molecule has 0 aliphatic carbocycles. The maximum absolute atomic E-state index is 13.3. The highest BCUT2D eigenvalue weighted by Crippen LogP contribution is 2.34. The van der Waals surface area contributed by atoms with Gasteiger partial charge in [-0.05, 0) is 64.3 Å². The summed E-state index contributed by atoms with van der Waals surface area (Å²) in [7, 11) is 1.59.